The molecule has 1 aromatic heterocycles. The van der Waals surface area contributed by atoms with Crippen LogP contribution in [0, 0.1) is 5.82 Å². The minimum atomic E-state index is -3.64. The van der Waals surface area contributed by atoms with E-state index in [1.165, 1.54) is 40.7 Å². The van der Waals surface area contributed by atoms with Gasteiger partial charge in [0.05, 0.1) is 23.7 Å². The van der Waals surface area contributed by atoms with Crippen LogP contribution in [0.15, 0.2) is 47.4 Å². The molecule has 0 saturated carbocycles. The number of morpholine rings is 1. The van der Waals surface area contributed by atoms with Gasteiger partial charge in [-0.25, -0.2) is 12.8 Å². The second kappa shape index (κ2) is 9.84. The van der Waals surface area contributed by atoms with E-state index in [9.17, 15) is 17.6 Å². The fraction of sp³-hybridized carbons (Fsp3) is 0.375. The fourth-order valence-corrected chi connectivity index (χ4v) is 5.78. The Morgan fingerprint density at radius 3 is 2.51 bits per heavy atom. The number of hydrogen-bond donors (Lipinski definition) is 1. The molecule has 1 fully saturated rings. The van der Waals surface area contributed by atoms with Gasteiger partial charge in [0.2, 0.25) is 10.0 Å². The average molecular weight is 500 g/mol. The van der Waals surface area contributed by atoms with Gasteiger partial charge in [-0.1, -0.05) is 6.42 Å². The van der Waals surface area contributed by atoms with Crippen LogP contribution in [0.3, 0.4) is 0 Å². The van der Waals surface area contributed by atoms with E-state index in [0.717, 1.165) is 38.1 Å². The molecule has 2 aliphatic rings. The minimum absolute atomic E-state index is 0.118. The third kappa shape index (κ3) is 4.84. The molecule has 3 aromatic rings. The molecule has 3 heterocycles. The zero-order valence-corrected chi connectivity index (χ0v) is 19.9. The highest BCUT2D eigenvalue weighted by Crippen LogP contribution is 2.28. The van der Waals surface area contributed by atoms with Crippen LogP contribution in [0.1, 0.15) is 35.4 Å². The van der Waals surface area contributed by atoms with Gasteiger partial charge in [0.1, 0.15) is 11.6 Å². The van der Waals surface area contributed by atoms with Gasteiger partial charge in [0.15, 0.2) is 5.82 Å². The molecule has 35 heavy (non-hydrogen) atoms. The summed E-state index contributed by atoms with van der Waals surface area (Å²) < 4.78 is 48.8. The Morgan fingerprint density at radius 1 is 0.971 bits per heavy atom. The van der Waals surface area contributed by atoms with Crippen molar-refractivity contribution in [3.05, 3.63) is 59.7 Å². The summed E-state index contributed by atoms with van der Waals surface area (Å²) in [5.74, 6) is 0.421. The molecule has 1 saturated heterocycles. The van der Waals surface area contributed by atoms with Crippen LogP contribution in [0.2, 0.25) is 0 Å². The first-order chi connectivity index (χ1) is 16.9. The molecular weight excluding hydrogens is 473 g/mol. The van der Waals surface area contributed by atoms with Gasteiger partial charge in [-0.05, 0) is 55.3 Å². The molecule has 0 atom stereocenters. The summed E-state index contributed by atoms with van der Waals surface area (Å²) in [5, 5.41) is 11.2. The predicted molar refractivity (Wildman–Crippen MR) is 127 cm³/mol. The average Bonchev–Trinajstić information content (AvgIpc) is 3.13. The fourth-order valence-electron chi connectivity index (χ4n) is 4.38. The van der Waals surface area contributed by atoms with Gasteiger partial charge in [-0.2, -0.15) is 4.31 Å². The van der Waals surface area contributed by atoms with Crippen molar-refractivity contribution in [2.75, 3.05) is 31.6 Å². The van der Waals surface area contributed by atoms with Crippen molar-refractivity contribution >= 4 is 21.6 Å². The zero-order chi connectivity index (χ0) is 24.4. The molecule has 1 N–H and O–H groups in total. The van der Waals surface area contributed by atoms with Gasteiger partial charge in [-0.15, -0.1) is 10.2 Å². The summed E-state index contributed by atoms with van der Waals surface area (Å²) in [6.07, 6.45) is 3.91. The molecule has 0 aliphatic carbocycles. The monoisotopic (exact) mass is 499 g/mol. The SMILES string of the molecule is O=C(Nc1ccc(F)c(-c2nnc3n2CCCCC3)c1)c1ccc(S(=O)(=O)N2CCOCC2)cc1. The van der Waals surface area contributed by atoms with E-state index >= 15 is 0 Å². The standard InChI is InChI=1S/C24H26FN5O4S/c25-21-10-7-18(16-20(21)23-28-27-22-4-2-1-3-11-30(22)23)26-24(31)17-5-8-19(9-6-17)35(32,33)29-12-14-34-15-13-29/h5-10,16H,1-4,11-15H2,(H,26,31). The zero-order valence-electron chi connectivity index (χ0n) is 19.1. The Hall–Kier alpha value is -3.15. The number of nitrogens with one attached hydrogen (secondary N) is 1. The number of aromatic nitrogens is 3. The molecule has 1 amide bonds. The first-order valence-electron chi connectivity index (χ1n) is 11.6. The Bertz CT molecular complexity index is 1330. The molecule has 5 rings (SSSR count). The number of hydrogen-bond acceptors (Lipinski definition) is 6. The van der Waals surface area contributed by atoms with Crippen molar-refractivity contribution in [3.63, 3.8) is 0 Å². The molecule has 2 aromatic carbocycles. The van der Waals surface area contributed by atoms with E-state index in [1.807, 2.05) is 4.57 Å². The quantitative estimate of drug-likeness (QED) is 0.578. The summed E-state index contributed by atoms with van der Waals surface area (Å²) in [6, 6.07) is 10.1. The Morgan fingerprint density at radius 2 is 1.74 bits per heavy atom. The molecule has 9 nitrogen and oxygen atoms in total. The Labute approximate surface area is 203 Å². The first-order valence-corrected chi connectivity index (χ1v) is 13.1. The van der Waals surface area contributed by atoms with Gasteiger partial charge in [0.25, 0.3) is 5.91 Å². The van der Waals surface area contributed by atoms with E-state index < -0.39 is 21.7 Å². The van der Waals surface area contributed by atoms with Crippen LogP contribution in [0.25, 0.3) is 11.4 Å². The normalized spacial score (nSPS) is 16.9. The van der Waals surface area contributed by atoms with Crippen LogP contribution < -0.4 is 5.32 Å². The third-order valence-corrected chi connectivity index (χ3v) is 8.21. The topological polar surface area (TPSA) is 106 Å². The van der Waals surface area contributed by atoms with Crippen LogP contribution in [-0.4, -0.2) is 59.7 Å². The number of aryl methyl sites for hydroxylation is 1. The number of carbonyl (C=O) groups is 1. The van der Waals surface area contributed by atoms with Crippen LogP contribution >= 0.6 is 0 Å². The van der Waals surface area contributed by atoms with Gasteiger partial charge in [-0.3, -0.25) is 4.79 Å². The third-order valence-electron chi connectivity index (χ3n) is 6.30. The highest BCUT2D eigenvalue weighted by atomic mass is 32.2. The number of amides is 1. The second-order valence-electron chi connectivity index (χ2n) is 8.59. The molecular formula is C24H26FN5O4S. The lowest BCUT2D eigenvalue weighted by Gasteiger charge is -2.26. The molecule has 0 spiro atoms. The van der Waals surface area contributed by atoms with E-state index in [1.54, 1.807) is 6.07 Å². The number of nitrogens with zero attached hydrogens (tertiary/aromatic N) is 4. The highest BCUT2D eigenvalue weighted by Gasteiger charge is 2.26. The first kappa shape index (κ1) is 23.6. The van der Waals surface area contributed by atoms with Crippen LogP contribution in [0.5, 0.6) is 0 Å². The van der Waals surface area contributed by atoms with Crippen LogP contribution in [-0.2, 0) is 27.7 Å². The lowest BCUT2D eigenvalue weighted by Crippen LogP contribution is -2.40. The number of benzene rings is 2. The van der Waals surface area contributed by atoms with Crippen molar-refractivity contribution in [1.29, 1.82) is 0 Å². The molecule has 11 heteroatoms. The molecule has 0 bridgehead atoms. The number of rotatable bonds is 5. The number of ether oxygens (including phenoxy) is 1. The predicted octanol–water partition coefficient (Wildman–Crippen LogP) is 3.08. The van der Waals surface area contributed by atoms with E-state index in [0.29, 0.717) is 37.8 Å². The molecule has 184 valence electrons. The number of anilines is 1. The van der Waals surface area contributed by atoms with E-state index in [-0.39, 0.29) is 16.0 Å². The van der Waals surface area contributed by atoms with Gasteiger partial charge in [0, 0.05) is 37.3 Å². The van der Waals surface area contributed by atoms with Gasteiger partial charge < -0.3 is 14.6 Å². The van der Waals surface area contributed by atoms with Gasteiger partial charge >= 0.3 is 0 Å². The van der Waals surface area contributed by atoms with Crippen molar-refractivity contribution in [3.8, 4) is 11.4 Å². The second-order valence-corrected chi connectivity index (χ2v) is 10.5. The molecule has 2 aliphatic heterocycles. The molecule has 0 radical (unpaired) electrons. The summed E-state index contributed by atoms with van der Waals surface area (Å²) >= 11 is 0. The lowest BCUT2D eigenvalue weighted by molar-refractivity contribution is 0.0730. The minimum Gasteiger partial charge on any atom is -0.379 e. The van der Waals surface area contributed by atoms with Crippen LogP contribution in [0.4, 0.5) is 10.1 Å². The Kier molecular flexibility index (Phi) is 6.63. The number of carbonyl (C=O) groups excluding carboxylic acids is 1. The number of fused-ring (bicyclic) bond motifs is 1. The van der Waals surface area contributed by atoms with E-state index in [2.05, 4.69) is 15.5 Å². The maximum Gasteiger partial charge on any atom is 0.255 e. The maximum absolute atomic E-state index is 14.7. The summed E-state index contributed by atoms with van der Waals surface area (Å²) in [4.78, 5) is 12.9. The largest absolute Gasteiger partial charge is 0.379 e. The van der Waals surface area contributed by atoms with E-state index in [4.69, 9.17) is 4.74 Å². The summed E-state index contributed by atoms with van der Waals surface area (Å²) in [6.45, 7) is 2.04. The lowest BCUT2D eigenvalue weighted by atomic mass is 10.1. The van der Waals surface area contributed by atoms with Crippen molar-refractivity contribution in [2.45, 2.75) is 37.1 Å². The van der Waals surface area contributed by atoms with Crippen molar-refractivity contribution < 1.29 is 22.3 Å². The van der Waals surface area contributed by atoms with Crippen molar-refractivity contribution in [1.82, 2.24) is 19.1 Å². The smallest absolute Gasteiger partial charge is 0.255 e. The van der Waals surface area contributed by atoms with Crippen molar-refractivity contribution in [2.24, 2.45) is 0 Å². The highest BCUT2D eigenvalue weighted by molar-refractivity contribution is 7.89. The summed E-state index contributed by atoms with van der Waals surface area (Å²) in [7, 11) is -3.64. The Balaban J connectivity index is 1.34. The summed E-state index contributed by atoms with van der Waals surface area (Å²) in [5.41, 5.74) is 0.964. The molecule has 0 unspecified atom stereocenters. The number of halogens is 1. The number of sulfonamides is 1. The maximum atomic E-state index is 14.7.